The topological polar surface area (TPSA) is 84.2 Å². The number of anilines is 1. The van der Waals surface area contributed by atoms with Crippen molar-refractivity contribution < 1.29 is 14.3 Å². The van der Waals surface area contributed by atoms with Crippen LogP contribution in [0.1, 0.15) is 11.1 Å². The van der Waals surface area contributed by atoms with Crippen molar-refractivity contribution in [2.45, 2.75) is 6.92 Å². The Morgan fingerprint density at radius 1 is 1.32 bits per heavy atom. The molecule has 0 unspecified atom stereocenters. The first kappa shape index (κ1) is 16.7. The van der Waals surface area contributed by atoms with E-state index < -0.39 is 0 Å². The number of hydrogen-bond acceptors (Lipinski definition) is 6. The zero-order valence-corrected chi connectivity index (χ0v) is 14.5. The van der Waals surface area contributed by atoms with Gasteiger partial charge in [-0.2, -0.15) is 5.26 Å². The second kappa shape index (κ2) is 7.20. The van der Waals surface area contributed by atoms with Gasteiger partial charge in [0.05, 0.1) is 29.0 Å². The summed E-state index contributed by atoms with van der Waals surface area (Å²) in [6, 6.07) is 12.7. The van der Waals surface area contributed by atoms with Crippen LogP contribution in [0.3, 0.4) is 0 Å². The van der Waals surface area contributed by atoms with Crippen LogP contribution in [0.4, 0.5) is 5.13 Å². The number of para-hydroxylation sites is 1. The van der Waals surface area contributed by atoms with E-state index in [0.717, 1.165) is 15.8 Å². The monoisotopic (exact) mass is 353 g/mol. The van der Waals surface area contributed by atoms with E-state index in [2.05, 4.69) is 10.3 Å². The van der Waals surface area contributed by atoms with Crippen LogP contribution < -0.4 is 14.8 Å². The summed E-state index contributed by atoms with van der Waals surface area (Å²) in [6.07, 6.45) is 0. The maximum atomic E-state index is 12.1. The number of methoxy groups -OCH3 is 1. The molecule has 0 spiro atoms. The molecule has 1 aromatic heterocycles. The van der Waals surface area contributed by atoms with Crippen molar-refractivity contribution in [3.63, 3.8) is 0 Å². The molecule has 0 aliphatic carbocycles. The summed E-state index contributed by atoms with van der Waals surface area (Å²) in [5.41, 5.74) is 2.41. The molecule has 1 amide bonds. The SMILES string of the molecule is COc1cc(C#N)ccc1OCC(=O)Nc1nc2c(C)cccc2s1. The Kier molecular flexibility index (Phi) is 4.82. The van der Waals surface area contributed by atoms with E-state index in [1.54, 1.807) is 18.2 Å². The summed E-state index contributed by atoms with van der Waals surface area (Å²) in [7, 11) is 1.48. The number of nitrogens with zero attached hydrogens (tertiary/aromatic N) is 2. The third kappa shape index (κ3) is 3.70. The zero-order chi connectivity index (χ0) is 17.8. The number of ether oxygens (including phenoxy) is 2. The van der Waals surface area contributed by atoms with Crippen LogP contribution in [-0.2, 0) is 4.79 Å². The highest BCUT2D eigenvalue weighted by atomic mass is 32.1. The lowest BCUT2D eigenvalue weighted by Crippen LogP contribution is -2.20. The van der Waals surface area contributed by atoms with Crippen molar-refractivity contribution in [3.05, 3.63) is 47.5 Å². The minimum absolute atomic E-state index is 0.183. The quantitative estimate of drug-likeness (QED) is 0.759. The van der Waals surface area contributed by atoms with Gasteiger partial charge in [0.25, 0.3) is 5.91 Å². The summed E-state index contributed by atoms with van der Waals surface area (Å²) < 4.78 is 11.7. The third-order valence-electron chi connectivity index (χ3n) is 3.52. The summed E-state index contributed by atoms with van der Waals surface area (Å²) in [6.45, 7) is 1.80. The molecule has 3 rings (SSSR count). The minimum Gasteiger partial charge on any atom is -0.493 e. The Labute approximate surface area is 148 Å². The van der Waals surface area contributed by atoms with Crippen LogP contribution in [0, 0.1) is 18.3 Å². The molecule has 25 heavy (non-hydrogen) atoms. The molecule has 0 fully saturated rings. The number of carbonyl (C=O) groups excluding carboxylic acids is 1. The van der Waals surface area contributed by atoms with E-state index in [9.17, 15) is 4.79 Å². The largest absolute Gasteiger partial charge is 0.493 e. The summed E-state index contributed by atoms with van der Waals surface area (Å²) in [4.78, 5) is 16.5. The van der Waals surface area contributed by atoms with Crippen molar-refractivity contribution in [2.24, 2.45) is 0 Å². The van der Waals surface area contributed by atoms with Gasteiger partial charge < -0.3 is 9.47 Å². The average Bonchev–Trinajstić information content (AvgIpc) is 3.03. The molecule has 0 radical (unpaired) electrons. The Morgan fingerprint density at radius 2 is 2.16 bits per heavy atom. The van der Waals surface area contributed by atoms with Gasteiger partial charge in [-0.05, 0) is 30.7 Å². The number of thiazole rings is 1. The predicted octanol–water partition coefficient (Wildman–Crippen LogP) is 3.50. The van der Waals surface area contributed by atoms with Crippen LogP contribution in [0.25, 0.3) is 10.2 Å². The normalized spacial score (nSPS) is 10.3. The molecule has 6 nitrogen and oxygen atoms in total. The highest BCUT2D eigenvalue weighted by molar-refractivity contribution is 7.22. The van der Waals surface area contributed by atoms with Crippen LogP contribution in [-0.4, -0.2) is 24.6 Å². The lowest BCUT2D eigenvalue weighted by molar-refractivity contribution is -0.118. The van der Waals surface area contributed by atoms with Gasteiger partial charge in [-0.15, -0.1) is 0 Å². The number of aryl methyl sites for hydroxylation is 1. The van der Waals surface area contributed by atoms with Gasteiger partial charge in [0.15, 0.2) is 23.2 Å². The van der Waals surface area contributed by atoms with Crippen LogP contribution in [0.2, 0.25) is 0 Å². The lowest BCUT2D eigenvalue weighted by atomic mass is 10.2. The van der Waals surface area contributed by atoms with Gasteiger partial charge in [-0.25, -0.2) is 4.98 Å². The van der Waals surface area contributed by atoms with E-state index in [1.165, 1.54) is 18.4 Å². The lowest BCUT2D eigenvalue weighted by Gasteiger charge is -2.10. The molecule has 0 bridgehead atoms. The third-order valence-corrected chi connectivity index (χ3v) is 4.45. The molecule has 0 atom stereocenters. The van der Waals surface area contributed by atoms with Crippen molar-refractivity contribution in [3.8, 4) is 17.6 Å². The number of carbonyl (C=O) groups is 1. The van der Waals surface area contributed by atoms with Gasteiger partial charge in [0, 0.05) is 6.07 Å². The smallest absolute Gasteiger partial charge is 0.264 e. The second-order valence-electron chi connectivity index (χ2n) is 5.25. The highest BCUT2D eigenvalue weighted by Gasteiger charge is 2.12. The Balaban J connectivity index is 1.66. The number of benzene rings is 2. The van der Waals surface area contributed by atoms with Crippen LogP contribution >= 0.6 is 11.3 Å². The molecule has 0 aliphatic heterocycles. The van der Waals surface area contributed by atoms with Crippen molar-refractivity contribution in [1.29, 1.82) is 5.26 Å². The fourth-order valence-electron chi connectivity index (χ4n) is 2.29. The Bertz CT molecular complexity index is 975. The Morgan fingerprint density at radius 3 is 2.88 bits per heavy atom. The Hall–Kier alpha value is -3.11. The maximum Gasteiger partial charge on any atom is 0.264 e. The van der Waals surface area contributed by atoms with Gasteiger partial charge in [-0.1, -0.05) is 23.5 Å². The molecule has 7 heteroatoms. The minimum atomic E-state index is -0.317. The van der Waals surface area contributed by atoms with Crippen LogP contribution in [0.15, 0.2) is 36.4 Å². The molecule has 3 aromatic rings. The number of nitriles is 1. The summed E-state index contributed by atoms with van der Waals surface area (Å²) in [5, 5.41) is 12.2. The number of fused-ring (bicyclic) bond motifs is 1. The van der Waals surface area contributed by atoms with Gasteiger partial charge in [0.2, 0.25) is 0 Å². The first-order chi connectivity index (χ1) is 12.1. The first-order valence-electron chi connectivity index (χ1n) is 7.47. The summed E-state index contributed by atoms with van der Waals surface area (Å²) >= 11 is 1.41. The highest BCUT2D eigenvalue weighted by Crippen LogP contribution is 2.29. The van der Waals surface area contributed by atoms with E-state index in [4.69, 9.17) is 14.7 Å². The van der Waals surface area contributed by atoms with Gasteiger partial charge in [-0.3, -0.25) is 10.1 Å². The first-order valence-corrected chi connectivity index (χ1v) is 8.29. The second-order valence-corrected chi connectivity index (χ2v) is 6.29. The molecule has 0 saturated carbocycles. The number of amides is 1. The molecular weight excluding hydrogens is 338 g/mol. The van der Waals surface area contributed by atoms with Crippen molar-refractivity contribution in [1.82, 2.24) is 4.98 Å². The molecule has 1 heterocycles. The molecular formula is C18H15N3O3S. The number of hydrogen-bond donors (Lipinski definition) is 1. The summed E-state index contributed by atoms with van der Waals surface area (Å²) in [5.74, 6) is 0.488. The van der Waals surface area contributed by atoms with Crippen molar-refractivity contribution >= 4 is 32.6 Å². The average molecular weight is 353 g/mol. The molecule has 0 aliphatic rings. The zero-order valence-electron chi connectivity index (χ0n) is 13.7. The maximum absolute atomic E-state index is 12.1. The molecule has 0 saturated heterocycles. The van der Waals surface area contributed by atoms with Gasteiger partial charge in [0.1, 0.15) is 0 Å². The van der Waals surface area contributed by atoms with E-state index in [-0.39, 0.29) is 12.5 Å². The van der Waals surface area contributed by atoms with E-state index in [1.807, 2.05) is 31.2 Å². The molecule has 126 valence electrons. The predicted molar refractivity (Wildman–Crippen MR) is 96.2 cm³/mol. The number of aromatic nitrogens is 1. The van der Waals surface area contributed by atoms with Crippen LogP contribution in [0.5, 0.6) is 11.5 Å². The van der Waals surface area contributed by atoms with E-state index >= 15 is 0 Å². The molecule has 1 N–H and O–H groups in total. The standard InChI is InChI=1S/C18H15N3O3S/c1-11-4-3-5-15-17(11)21-18(25-15)20-16(22)10-24-13-7-6-12(9-19)8-14(13)23-2/h3-8H,10H2,1-2H3,(H,20,21,22). The fourth-order valence-corrected chi connectivity index (χ4v) is 3.25. The number of rotatable bonds is 5. The fraction of sp³-hybridized carbons (Fsp3) is 0.167. The van der Waals surface area contributed by atoms with Crippen molar-refractivity contribution in [2.75, 3.05) is 19.0 Å². The number of nitrogens with one attached hydrogen (secondary N) is 1. The van der Waals surface area contributed by atoms with E-state index in [0.29, 0.717) is 22.2 Å². The van der Waals surface area contributed by atoms with Gasteiger partial charge >= 0.3 is 0 Å². The molecule has 2 aromatic carbocycles.